The van der Waals surface area contributed by atoms with E-state index in [1.165, 1.54) is 12.1 Å². The monoisotopic (exact) mass is 475 g/mol. The van der Waals surface area contributed by atoms with E-state index in [9.17, 15) is 9.59 Å². The first-order valence-electron chi connectivity index (χ1n) is 9.38. The van der Waals surface area contributed by atoms with Crippen molar-refractivity contribution in [3.63, 3.8) is 0 Å². The number of ether oxygens (including phenoxy) is 2. The number of alkyl carbamates (subject to hydrolysis) is 1. The molecule has 1 amide bonds. The topological polar surface area (TPSA) is 64.6 Å². The van der Waals surface area contributed by atoms with Gasteiger partial charge in [-0.3, -0.25) is 0 Å². The summed E-state index contributed by atoms with van der Waals surface area (Å²) < 4.78 is 10.5. The van der Waals surface area contributed by atoms with Gasteiger partial charge in [0, 0.05) is 12.0 Å². The van der Waals surface area contributed by atoms with Gasteiger partial charge in [0.1, 0.15) is 13.2 Å². The van der Waals surface area contributed by atoms with E-state index in [1.807, 2.05) is 36.4 Å². The van der Waals surface area contributed by atoms with Crippen LogP contribution in [0.25, 0.3) is 11.1 Å². The number of fused-ring (bicyclic) bond motifs is 3. The van der Waals surface area contributed by atoms with Crippen molar-refractivity contribution in [3.05, 3.63) is 86.9 Å². The Kier molecular flexibility index (Phi) is 6.37. The van der Waals surface area contributed by atoms with E-state index < -0.39 is 18.6 Å². The zero-order chi connectivity index (χ0) is 22.0. The van der Waals surface area contributed by atoms with E-state index >= 15 is 0 Å². The predicted molar refractivity (Wildman–Crippen MR) is 120 cm³/mol. The van der Waals surface area contributed by atoms with Gasteiger partial charge in [-0.05, 0) is 28.3 Å². The van der Waals surface area contributed by atoms with Crippen LogP contribution in [-0.2, 0) is 9.53 Å². The van der Waals surface area contributed by atoms with Crippen LogP contribution in [0.3, 0.4) is 0 Å². The molecule has 1 N–H and O–H groups in total. The zero-order valence-corrected chi connectivity index (χ0v) is 18.3. The molecule has 1 aliphatic carbocycles. The highest BCUT2D eigenvalue weighted by Gasteiger charge is 2.29. The van der Waals surface area contributed by atoms with Crippen LogP contribution < -0.4 is 10.1 Å². The number of rotatable bonds is 5. The highest BCUT2D eigenvalue weighted by atomic mass is 35.5. The van der Waals surface area contributed by atoms with Crippen LogP contribution in [0.1, 0.15) is 17.0 Å². The van der Waals surface area contributed by atoms with Gasteiger partial charge in [-0.2, -0.15) is 0 Å². The molecular formula is C23H16Cl3NO4. The lowest BCUT2D eigenvalue weighted by Gasteiger charge is -2.14. The molecule has 0 aromatic heterocycles. The van der Waals surface area contributed by atoms with Crippen LogP contribution in [0.4, 0.5) is 4.79 Å². The highest BCUT2D eigenvalue weighted by Crippen LogP contribution is 2.44. The molecule has 3 aromatic rings. The average Bonchev–Trinajstić information content (AvgIpc) is 3.08. The maximum absolute atomic E-state index is 12.1. The number of esters is 1. The molecule has 0 heterocycles. The number of carbonyl (C=O) groups is 2. The summed E-state index contributed by atoms with van der Waals surface area (Å²) >= 11 is 17.7. The lowest BCUT2D eigenvalue weighted by Crippen LogP contribution is -2.33. The Balaban J connectivity index is 1.33. The van der Waals surface area contributed by atoms with Gasteiger partial charge in [0.05, 0.1) is 15.1 Å². The normalized spacial score (nSPS) is 12.1. The van der Waals surface area contributed by atoms with Crippen LogP contribution in [0.15, 0.2) is 60.7 Å². The van der Waals surface area contributed by atoms with E-state index in [0.29, 0.717) is 0 Å². The quantitative estimate of drug-likeness (QED) is 0.275. The van der Waals surface area contributed by atoms with Crippen molar-refractivity contribution in [3.8, 4) is 16.9 Å². The second-order valence-electron chi connectivity index (χ2n) is 6.85. The van der Waals surface area contributed by atoms with Crippen molar-refractivity contribution in [2.75, 3.05) is 13.2 Å². The Morgan fingerprint density at radius 1 is 0.839 bits per heavy atom. The first-order valence-corrected chi connectivity index (χ1v) is 10.5. The molecule has 31 heavy (non-hydrogen) atoms. The number of carbonyl (C=O) groups excluding carboxylic acids is 2. The molecule has 0 unspecified atom stereocenters. The lowest BCUT2D eigenvalue weighted by atomic mass is 9.98. The van der Waals surface area contributed by atoms with Gasteiger partial charge in [-0.25, -0.2) is 9.59 Å². The zero-order valence-electron chi connectivity index (χ0n) is 16.0. The largest absolute Gasteiger partial charge is 0.449 e. The Labute approximate surface area is 193 Å². The van der Waals surface area contributed by atoms with Crippen molar-refractivity contribution >= 4 is 46.9 Å². The van der Waals surface area contributed by atoms with E-state index in [4.69, 9.17) is 44.3 Å². The summed E-state index contributed by atoms with van der Waals surface area (Å²) in [5.74, 6) is -0.746. The van der Waals surface area contributed by atoms with Crippen LogP contribution in [0.5, 0.6) is 5.75 Å². The molecule has 1 aliphatic rings. The summed E-state index contributed by atoms with van der Waals surface area (Å²) in [5.41, 5.74) is 4.47. The number of amides is 1. The highest BCUT2D eigenvalue weighted by molar-refractivity contribution is 6.43. The average molecular weight is 477 g/mol. The molecular weight excluding hydrogens is 461 g/mol. The van der Waals surface area contributed by atoms with Crippen molar-refractivity contribution in [2.24, 2.45) is 0 Å². The predicted octanol–water partition coefficient (Wildman–Crippen LogP) is 6.09. The number of nitrogens with one attached hydrogen (secondary N) is 1. The van der Waals surface area contributed by atoms with Crippen LogP contribution >= 0.6 is 34.8 Å². The van der Waals surface area contributed by atoms with E-state index in [0.717, 1.165) is 22.3 Å². The van der Waals surface area contributed by atoms with Crippen LogP contribution in [0.2, 0.25) is 15.1 Å². The molecule has 0 fully saturated rings. The smallest absolute Gasteiger partial charge is 0.407 e. The number of benzene rings is 3. The Hall–Kier alpha value is -2.73. The fraction of sp³-hybridized carbons (Fsp3) is 0.130. The standard InChI is InChI=1S/C23H16Cl3NO4/c24-18-9-20(26)21(10-19(18)25)31-22(28)11-27-23(29)30-12-17-15-7-3-1-5-13(15)14-6-2-4-8-16(14)17/h1-10,17H,11-12H2,(H,27,29). The van der Waals surface area contributed by atoms with Gasteiger partial charge in [0.2, 0.25) is 0 Å². The van der Waals surface area contributed by atoms with Gasteiger partial charge in [0.25, 0.3) is 0 Å². The first-order chi connectivity index (χ1) is 14.9. The van der Waals surface area contributed by atoms with Crippen LogP contribution in [-0.4, -0.2) is 25.2 Å². The Bertz CT molecular complexity index is 1120. The summed E-state index contributed by atoms with van der Waals surface area (Å²) in [6.07, 6.45) is -0.723. The summed E-state index contributed by atoms with van der Waals surface area (Å²) in [6.45, 7) is -0.249. The lowest BCUT2D eigenvalue weighted by molar-refractivity contribution is -0.133. The summed E-state index contributed by atoms with van der Waals surface area (Å²) in [5, 5.41) is 2.94. The third kappa shape index (κ3) is 4.64. The molecule has 158 valence electrons. The Morgan fingerprint density at radius 2 is 1.42 bits per heavy atom. The molecule has 0 aliphatic heterocycles. The second kappa shape index (κ2) is 9.18. The van der Waals surface area contributed by atoms with Gasteiger partial charge in [0.15, 0.2) is 5.75 Å². The van der Waals surface area contributed by atoms with Crippen molar-refractivity contribution < 1.29 is 19.1 Å². The minimum atomic E-state index is -0.728. The summed E-state index contributed by atoms with van der Waals surface area (Å²) in [7, 11) is 0. The number of hydrogen-bond donors (Lipinski definition) is 1. The summed E-state index contributed by atoms with van der Waals surface area (Å²) in [4.78, 5) is 24.2. The molecule has 3 aromatic carbocycles. The fourth-order valence-electron chi connectivity index (χ4n) is 3.54. The van der Waals surface area contributed by atoms with E-state index in [2.05, 4.69) is 17.4 Å². The minimum absolute atomic E-state index is 0.0513. The number of hydrogen-bond acceptors (Lipinski definition) is 4. The molecule has 4 rings (SSSR count). The van der Waals surface area contributed by atoms with Gasteiger partial charge in [-0.1, -0.05) is 83.3 Å². The molecule has 5 nitrogen and oxygen atoms in total. The molecule has 8 heteroatoms. The molecule has 0 saturated carbocycles. The molecule has 0 spiro atoms. The van der Waals surface area contributed by atoms with Crippen LogP contribution in [0, 0.1) is 0 Å². The van der Waals surface area contributed by atoms with Gasteiger partial charge >= 0.3 is 12.1 Å². The van der Waals surface area contributed by atoms with Crippen molar-refractivity contribution in [1.82, 2.24) is 5.32 Å². The fourth-order valence-corrected chi connectivity index (χ4v) is 4.11. The van der Waals surface area contributed by atoms with E-state index in [1.54, 1.807) is 0 Å². The molecule has 0 atom stereocenters. The third-order valence-electron chi connectivity index (χ3n) is 4.92. The Morgan fingerprint density at radius 3 is 2.06 bits per heavy atom. The van der Waals surface area contributed by atoms with E-state index in [-0.39, 0.29) is 33.3 Å². The molecule has 0 radical (unpaired) electrons. The maximum atomic E-state index is 12.1. The molecule has 0 bridgehead atoms. The third-order valence-corrected chi connectivity index (χ3v) is 5.94. The maximum Gasteiger partial charge on any atom is 0.407 e. The van der Waals surface area contributed by atoms with Gasteiger partial charge < -0.3 is 14.8 Å². The summed E-state index contributed by atoms with van der Waals surface area (Å²) in [6, 6.07) is 18.7. The van der Waals surface area contributed by atoms with Crippen molar-refractivity contribution in [2.45, 2.75) is 5.92 Å². The van der Waals surface area contributed by atoms with Crippen molar-refractivity contribution in [1.29, 1.82) is 0 Å². The molecule has 0 saturated heterocycles. The SMILES string of the molecule is O=C(CNC(=O)OCC1c2ccccc2-c2ccccc21)Oc1cc(Cl)c(Cl)cc1Cl. The first kappa shape index (κ1) is 21.5. The van der Waals surface area contributed by atoms with Gasteiger partial charge in [-0.15, -0.1) is 0 Å². The second-order valence-corrected chi connectivity index (χ2v) is 8.07. The minimum Gasteiger partial charge on any atom is -0.449 e. The number of halogens is 3.